The summed E-state index contributed by atoms with van der Waals surface area (Å²) in [5, 5.41) is 0. The average molecular weight is 283 g/mol. The van der Waals surface area contributed by atoms with E-state index in [-0.39, 0.29) is 5.78 Å². The van der Waals surface area contributed by atoms with E-state index < -0.39 is 0 Å². The molecule has 110 valence electrons. The molecular formula is C18H21NO2. The summed E-state index contributed by atoms with van der Waals surface area (Å²) in [6.07, 6.45) is 2.06. The van der Waals surface area contributed by atoms with E-state index in [1.165, 1.54) is 0 Å². The van der Waals surface area contributed by atoms with Crippen LogP contribution < -0.4 is 4.74 Å². The van der Waals surface area contributed by atoms with Crippen molar-refractivity contribution in [2.45, 2.75) is 34.1 Å². The van der Waals surface area contributed by atoms with Gasteiger partial charge in [0.2, 0.25) is 0 Å². The van der Waals surface area contributed by atoms with E-state index in [2.05, 4.69) is 4.98 Å². The van der Waals surface area contributed by atoms with Crippen LogP contribution in [0, 0.1) is 27.7 Å². The van der Waals surface area contributed by atoms with Gasteiger partial charge in [0.1, 0.15) is 5.75 Å². The Balaban J connectivity index is 2.34. The highest BCUT2D eigenvalue weighted by molar-refractivity contribution is 5.99. The van der Waals surface area contributed by atoms with Gasteiger partial charge in [-0.05, 0) is 38.8 Å². The third-order valence-corrected chi connectivity index (χ3v) is 3.98. The summed E-state index contributed by atoms with van der Waals surface area (Å²) in [6, 6.07) is 5.82. The number of pyridine rings is 1. The van der Waals surface area contributed by atoms with Crippen LogP contribution in [-0.2, 0) is 6.42 Å². The first-order chi connectivity index (χ1) is 9.95. The fourth-order valence-corrected chi connectivity index (χ4v) is 2.55. The molecule has 3 heteroatoms. The molecule has 0 N–H and O–H groups in total. The number of rotatable bonds is 4. The fourth-order valence-electron chi connectivity index (χ4n) is 2.55. The first kappa shape index (κ1) is 15.2. The monoisotopic (exact) mass is 283 g/mol. The van der Waals surface area contributed by atoms with E-state index in [4.69, 9.17) is 4.74 Å². The number of carbonyl (C=O) groups excluding carboxylic acids is 1. The molecule has 21 heavy (non-hydrogen) atoms. The minimum atomic E-state index is 0.0951. The van der Waals surface area contributed by atoms with E-state index in [1.54, 1.807) is 13.3 Å². The number of carbonyl (C=O) groups is 1. The first-order valence-corrected chi connectivity index (χ1v) is 7.04. The van der Waals surface area contributed by atoms with E-state index in [0.717, 1.165) is 39.3 Å². The normalized spacial score (nSPS) is 10.5. The van der Waals surface area contributed by atoms with Crippen LogP contribution in [0.5, 0.6) is 5.75 Å². The average Bonchev–Trinajstić information content (AvgIpc) is 2.45. The number of hydrogen-bond acceptors (Lipinski definition) is 3. The summed E-state index contributed by atoms with van der Waals surface area (Å²) in [5.74, 6) is 0.909. The molecule has 0 spiro atoms. The molecule has 0 fully saturated rings. The number of aromatic nitrogens is 1. The molecule has 1 heterocycles. The van der Waals surface area contributed by atoms with E-state index in [1.807, 2.05) is 45.9 Å². The standard InChI is InChI=1S/C18H21NO2/c1-11-7-6-8-15(13(11)3)17(20)9-16-14(4)18(21-5)12(2)10-19-16/h6-8,10H,9H2,1-5H3. The van der Waals surface area contributed by atoms with Crippen molar-refractivity contribution >= 4 is 5.78 Å². The zero-order valence-electron chi connectivity index (χ0n) is 13.3. The van der Waals surface area contributed by atoms with Gasteiger partial charge in [-0.15, -0.1) is 0 Å². The third-order valence-electron chi connectivity index (χ3n) is 3.98. The van der Waals surface area contributed by atoms with Crippen LogP contribution in [0.1, 0.15) is 38.3 Å². The predicted octanol–water partition coefficient (Wildman–Crippen LogP) is 3.75. The number of nitrogens with zero attached hydrogens (tertiary/aromatic N) is 1. The second kappa shape index (κ2) is 6.08. The largest absolute Gasteiger partial charge is 0.496 e. The molecule has 0 unspecified atom stereocenters. The molecule has 1 aromatic heterocycles. The lowest BCUT2D eigenvalue weighted by Gasteiger charge is -2.13. The number of aryl methyl sites for hydroxylation is 2. The maximum Gasteiger partial charge on any atom is 0.169 e. The Bertz CT molecular complexity index is 690. The second-order valence-electron chi connectivity index (χ2n) is 5.39. The van der Waals surface area contributed by atoms with Crippen LogP contribution in [0.15, 0.2) is 24.4 Å². The highest BCUT2D eigenvalue weighted by Crippen LogP contribution is 2.25. The summed E-state index contributed by atoms with van der Waals surface area (Å²) in [7, 11) is 1.64. The molecular weight excluding hydrogens is 262 g/mol. The smallest absolute Gasteiger partial charge is 0.169 e. The number of Topliss-reactive ketones (excluding diaryl/α,β-unsaturated/α-hetero) is 1. The molecule has 1 aromatic carbocycles. The van der Waals surface area contributed by atoms with Gasteiger partial charge in [0.15, 0.2) is 5.78 Å². The van der Waals surface area contributed by atoms with Gasteiger partial charge in [-0.25, -0.2) is 0 Å². The van der Waals surface area contributed by atoms with Crippen molar-refractivity contribution in [2.24, 2.45) is 0 Å². The summed E-state index contributed by atoms with van der Waals surface area (Å²) < 4.78 is 5.40. The zero-order valence-corrected chi connectivity index (χ0v) is 13.3. The molecule has 2 aromatic rings. The maximum absolute atomic E-state index is 12.5. The Morgan fingerprint density at radius 1 is 1.10 bits per heavy atom. The van der Waals surface area contributed by atoms with Crippen molar-refractivity contribution < 1.29 is 9.53 Å². The van der Waals surface area contributed by atoms with Crippen molar-refractivity contribution in [2.75, 3.05) is 7.11 Å². The molecule has 2 rings (SSSR count). The van der Waals surface area contributed by atoms with E-state index in [0.29, 0.717) is 6.42 Å². The fraction of sp³-hybridized carbons (Fsp3) is 0.333. The van der Waals surface area contributed by atoms with Gasteiger partial charge in [-0.2, -0.15) is 0 Å². The number of ketones is 1. The molecule has 0 aliphatic carbocycles. The molecule has 0 saturated carbocycles. The predicted molar refractivity (Wildman–Crippen MR) is 84.2 cm³/mol. The second-order valence-corrected chi connectivity index (χ2v) is 5.39. The molecule has 0 saturated heterocycles. The van der Waals surface area contributed by atoms with Crippen molar-refractivity contribution in [3.8, 4) is 5.75 Å². The third kappa shape index (κ3) is 2.97. The molecule has 3 nitrogen and oxygen atoms in total. The van der Waals surface area contributed by atoms with Crippen LogP contribution >= 0.6 is 0 Å². The molecule has 0 aliphatic heterocycles. The van der Waals surface area contributed by atoms with Crippen LogP contribution in [-0.4, -0.2) is 17.9 Å². The van der Waals surface area contributed by atoms with Crippen molar-refractivity contribution in [1.82, 2.24) is 4.98 Å². The Morgan fingerprint density at radius 2 is 1.81 bits per heavy atom. The Labute approximate surface area is 126 Å². The van der Waals surface area contributed by atoms with Crippen molar-refractivity contribution in [3.63, 3.8) is 0 Å². The highest BCUT2D eigenvalue weighted by atomic mass is 16.5. The van der Waals surface area contributed by atoms with Gasteiger partial charge in [0.25, 0.3) is 0 Å². The Hall–Kier alpha value is -2.16. The molecule has 0 radical (unpaired) electrons. The van der Waals surface area contributed by atoms with Gasteiger partial charge >= 0.3 is 0 Å². The summed E-state index contributed by atoms with van der Waals surface area (Å²) in [5.41, 5.74) is 5.65. The number of hydrogen-bond donors (Lipinski definition) is 0. The van der Waals surface area contributed by atoms with Gasteiger partial charge in [-0.1, -0.05) is 18.2 Å². The summed E-state index contributed by atoms with van der Waals surface area (Å²) >= 11 is 0. The van der Waals surface area contributed by atoms with E-state index >= 15 is 0 Å². The van der Waals surface area contributed by atoms with Crippen molar-refractivity contribution in [3.05, 3.63) is 57.9 Å². The van der Waals surface area contributed by atoms with E-state index in [9.17, 15) is 4.79 Å². The molecule has 0 amide bonds. The van der Waals surface area contributed by atoms with Gasteiger partial charge in [0, 0.05) is 22.9 Å². The van der Waals surface area contributed by atoms with Crippen LogP contribution in [0.4, 0.5) is 0 Å². The molecule has 0 bridgehead atoms. The van der Waals surface area contributed by atoms with Crippen LogP contribution in [0.25, 0.3) is 0 Å². The number of benzene rings is 1. The quantitative estimate of drug-likeness (QED) is 0.802. The van der Waals surface area contributed by atoms with Gasteiger partial charge in [0.05, 0.1) is 19.2 Å². The lowest BCUT2D eigenvalue weighted by atomic mass is 9.96. The Kier molecular flexibility index (Phi) is 4.41. The number of ether oxygens (including phenoxy) is 1. The van der Waals surface area contributed by atoms with Crippen LogP contribution in [0.3, 0.4) is 0 Å². The van der Waals surface area contributed by atoms with Gasteiger partial charge < -0.3 is 4.74 Å². The minimum absolute atomic E-state index is 0.0951. The van der Waals surface area contributed by atoms with Crippen molar-refractivity contribution in [1.29, 1.82) is 0 Å². The summed E-state index contributed by atoms with van der Waals surface area (Å²) in [4.78, 5) is 16.9. The summed E-state index contributed by atoms with van der Waals surface area (Å²) in [6.45, 7) is 7.91. The first-order valence-electron chi connectivity index (χ1n) is 7.04. The van der Waals surface area contributed by atoms with Gasteiger partial charge in [-0.3, -0.25) is 9.78 Å². The molecule has 0 atom stereocenters. The lowest BCUT2D eigenvalue weighted by Crippen LogP contribution is -2.10. The lowest BCUT2D eigenvalue weighted by molar-refractivity contribution is 0.0991. The SMILES string of the molecule is COc1c(C)cnc(CC(=O)c2cccc(C)c2C)c1C. The van der Waals surface area contributed by atoms with Crippen LogP contribution in [0.2, 0.25) is 0 Å². The maximum atomic E-state index is 12.5. The minimum Gasteiger partial charge on any atom is -0.496 e. The highest BCUT2D eigenvalue weighted by Gasteiger charge is 2.16. The number of methoxy groups -OCH3 is 1. The zero-order chi connectivity index (χ0) is 15.6. The molecule has 0 aliphatic rings. The topological polar surface area (TPSA) is 39.2 Å². The Morgan fingerprint density at radius 3 is 2.48 bits per heavy atom.